The number of aromatic nitrogens is 8. The van der Waals surface area contributed by atoms with Gasteiger partial charge < -0.3 is 43.4 Å². The van der Waals surface area contributed by atoms with Gasteiger partial charge in [0.1, 0.15) is 11.0 Å². The fourth-order valence-corrected chi connectivity index (χ4v) is 9.00. The summed E-state index contributed by atoms with van der Waals surface area (Å²) < 4.78 is 23.4. The van der Waals surface area contributed by atoms with Gasteiger partial charge in [0.15, 0.2) is 40.7 Å². The van der Waals surface area contributed by atoms with Crippen LogP contribution in [0.3, 0.4) is 0 Å². The molecular weight excluding hydrogens is 1120 g/mol. The molecule has 17 nitrogen and oxygen atoms in total. The van der Waals surface area contributed by atoms with Crippen LogP contribution in [-0.4, -0.2) is 130 Å². The summed E-state index contributed by atoms with van der Waals surface area (Å²) in [6, 6.07) is 20.2. The van der Waals surface area contributed by atoms with Crippen LogP contribution in [0.5, 0.6) is 0 Å². The van der Waals surface area contributed by atoms with Gasteiger partial charge in [0, 0.05) is 127 Å². The quantitative estimate of drug-likeness (QED) is 0.130. The van der Waals surface area contributed by atoms with E-state index in [2.05, 4.69) is 64.2 Å². The monoisotopic (exact) mass is 1170 g/mol. The smallest absolute Gasteiger partial charge is 0.229 e. The van der Waals surface area contributed by atoms with Crippen molar-refractivity contribution < 1.29 is 54.2 Å². The van der Waals surface area contributed by atoms with Gasteiger partial charge in [-0.25, -0.2) is 29.9 Å². The molecule has 3 N–H and O–H groups in total. The van der Waals surface area contributed by atoms with Crippen molar-refractivity contribution in [3.8, 4) is 22.8 Å². The summed E-state index contributed by atoms with van der Waals surface area (Å²) in [5, 5.41) is 6.91. The number of nitrogens with zero attached hydrogens (tertiary/aromatic N) is 9. The van der Waals surface area contributed by atoms with Gasteiger partial charge in [-0.1, -0.05) is 24.3 Å². The number of fused-ring (bicyclic) bond motifs is 8. The van der Waals surface area contributed by atoms with Crippen LogP contribution in [0.2, 0.25) is 0 Å². The molecule has 0 radical (unpaired) electrons. The molecule has 0 amide bonds. The second kappa shape index (κ2) is 20.6. The molecule has 19 heteroatoms. The Labute approximate surface area is 425 Å². The van der Waals surface area contributed by atoms with Crippen molar-refractivity contribution in [3.05, 3.63) is 96.6 Å². The third kappa shape index (κ3) is 9.18. The Hall–Kier alpha value is -5.97. The molecule has 4 saturated heterocycles. The van der Waals surface area contributed by atoms with Crippen LogP contribution in [-0.2, 0) is 16.0 Å². The van der Waals surface area contributed by atoms with Gasteiger partial charge in [-0.3, -0.25) is 9.69 Å². The standard InChI is InChI=1S/C25H24N6O2.C22H17N5O3.C3H7N.ClH.U/c1-3-18(17-5-6-26-20(17)4-1)23-28-21-19-13-16(15-30-7-2-8-30)14-27-25(19)33-22(21)24(29-23)31-9-11-32-12-10-31;28-12-13-10-16-18-19(30-22(16)24-11-13)21(27-6-8-29-9-7-27)26-20(25-18)15-2-1-3-17-14(15)4-5-23-17;1-2-4-3-1;;/h1,3-6,13-14,26H,2,7-12,15H2;1-5,10-12,23H,6-9H2;4H,1-3H2;1H;. The number of carbonyl (C=O) groups is 1. The summed E-state index contributed by atoms with van der Waals surface area (Å²) in [5.41, 5.74) is 9.49. The van der Waals surface area contributed by atoms with Crippen LogP contribution in [0.25, 0.3) is 89.0 Å². The van der Waals surface area contributed by atoms with Crippen LogP contribution < -0.4 is 15.1 Å². The van der Waals surface area contributed by atoms with E-state index in [1.54, 1.807) is 6.07 Å². The molecule has 8 aromatic heterocycles. The maximum Gasteiger partial charge on any atom is 0.229 e. The number of H-pyrrole nitrogens is 2. The number of halogens is 1. The number of anilines is 2. The third-order valence-corrected chi connectivity index (χ3v) is 12.9. The van der Waals surface area contributed by atoms with Crippen molar-refractivity contribution in [2.24, 2.45) is 0 Å². The third-order valence-electron chi connectivity index (χ3n) is 12.9. The Balaban J connectivity index is 0.000000145. The molecule has 0 bridgehead atoms. The van der Waals surface area contributed by atoms with Crippen molar-refractivity contribution in [2.45, 2.75) is 19.4 Å². The zero-order chi connectivity index (χ0) is 44.7. The van der Waals surface area contributed by atoms with Gasteiger partial charge >= 0.3 is 0 Å². The number of hydrogen-bond donors (Lipinski definition) is 3. The molecule has 0 spiro atoms. The molecule has 350 valence electrons. The summed E-state index contributed by atoms with van der Waals surface area (Å²) in [7, 11) is 0. The van der Waals surface area contributed by atoms with Crippen molar-refractivity contribution in [1.82, 2.24) is 50.1 Å². The van der Waals surface area contributed by atoms with Gasteiger partial charge in [0.25, 0.3) is 0 Å². The maximum absolute atomic E-state index is 11.3. The molecule has 4 aliphatic rings. The molecule has 69 heavy (non-hydrogen) atoms. The number of nitrogens with one attached hydrogen (secondary N) is 3. The van der Waals surface area contributed by atoms with Crippen molar-refractivity contribution in [3.63, 3.8) is 0 Å². The summed E-state index contributed by atoms with van der Waals surface area (Å²) in [6.07, 6.45) is 10.7. The molecule has 2 aromatic carbocycles. The number of likely N-dealkylation sites (tertiary alicyclic amines) is 1. The van der Waals surface area contributed by atoms with Crippen molar-refractivity contribution in [2.75, 3.05) is 88.6 Å². The minimum Gasteiger partial charge on any atom is -0.432 e. The number of pyridine rings is 2. The number of morpholine rings is 2. The molecule has 4 fully saturated rings. The minimum absolute atomic E-state index is 0. The van der Waals surface area contributed by atoms with Gasteiger partial charge in [0.2, 0.25) is 11.4 Å². The largest absolute Gasteiger partial charge is 0.432 e. The van der Waals surface area contributed by atoms with E-state index in [0.29, 0.717) is 90.2 Å². The van der Waals surface area contributed by atoms with Gasteiger partial charge in [0.05, 0.1) is 37.2 Å². The van der Waals surface area contributed by atoms with Crippen LogP contribution in [0.1, 0.15) is 28.8 Å². The van der Waals surface area contributed by atoms with E-state index in [1.165, 1.54) is 37.7 Å². The average Bonchev–Trinajstić information content (AvgIpc) is 4.17. The Kier molecular flexibility index (Phi) is 13.9. The number of benzene rings is 2. The van der Waals surface area contributed by atoms with Crippen LogP contribution in [0.4, 0.5) is 11.6 Å². The van der Waals surface area contributed by atoms with Gasteiger partial charge in [-0.15, -0.1) is 12.4 Å². The molecule has 0 unspecified atom stereocenters. The number of carbonyl (C=O) groups excluding carboxylic acids is 1. The first-order valence-corrected chi connectivity index (χ1v) is 23.0. The average molecular weight is 1170 g/mol. The first kappa shape index (κ1) is 46.7. The molecular formula is C50H49ClN12O5U. The number of rotatable bonds is 7. The summed E-state index contributed by atoms with van der Waals surface area (Å²) in [4.78, 5) is 53.4. The van der Waals surface area contributed by atoms with Crippen molar-refractivity contribution >= 4 is 96.5 Å². The van der Waals surface area contributed by atoms with E-state index in [4.69, 9.17) is 38.2 Å². The summed E-state index contributed by atoms with van der Waals surface area (Å²) in [5.74, 6) is 2.84. The number of aromatic amines is 2. The van der Waals surface area contributed by atoms with Crippen LogP contribution in [0, 0.1) is 31.1 Å². The summed E-state index contributed by atoms with van der Waals surface area (Å²) in [6.45, 7) is 11.3. The number of hydrogen-bond acceptors (Lipinski definition) is 15. The predicted molar refractivity (Wildman–Crippen MR) is 265 cm³/mol. The van der Waals surface area contributed by atoms with Crippen molar-refractivity contribution in [1.29, 1.82) is 0 Å². The molecule has 0 aliphatic carbocycles. The first-order chi connectivity index (χ1) is 33.1. The molecule has 14 rings (SSSR count). The van der Waals surface area contributed by atoms with E-state index in [1.807, 2.05) is 48.9 Å². The number of aldehydes is 1. The Morgan fingerprint density at radius 3 is 1.59 bits per heavy atom. The zero-order valence-electron chi connectivity index (χ0n) is 37.7. The molecule has 10 aromatic rings. The van der Waals surface area contributed by atoms with Gasteiger partial charge in [-0.05, 0) is 81.0 Å². The van der Waals surface area contributed by atoms with E-state index in [9.17, 15) is 4.79 Å². The number of ether oxygens (including phenoxy) is 2. The van der Waals surface area contributed by atoms with E-state index in [-0.39, 0.29) is 43.5 Å². The fraction of sp³-hybridized carbons (Fsp3) is 0.300. The van der Waals surface area contributed by atoms with E-state index >= 15 is 0 Å². The fourth-order valence-electron chi connectivity index (χ4n) is 9.00. The van der Waals surface area contributed by atoms with Crippen LogP contribution >= 0.6 is 12.4 Å². The molecule has 4 aliphatic heterocycles. The SMILES string of the molecule is C1CNC1.Cl.O=Cc1cnc2oc3c(N4CCOCC4)nc(-c4cccc5[nH]ccc45)nc3c2c1.[U].c1cc(-c2nc(N3CCOCC3)c3oc4ncc(CN5CCC5)cc4c3n2)c2cc[nH]c2c1. The normalized spacial score (nSPS) is 16.1. The second-order valence-electron chi connectivity index (χ2n) is 17.2. The maximum atomic E-state index is 11.3. The molecule has 12 heterocycles. The summed E-state index contributed by atoms with van der Waals surface area (Å²) >= 11 is 0. The van der Waals surface area contributed by atoms with E-state index < -0.39 is 0 Å². The zero-order valence-corrected chi connectivity index (χ0v) is 42.7. The minimum atomic E-state index is 0. The Morgan fingerprint density at radius 1 is 0.609 bits per heavy atom. The number of furan rings is 2. The molecule has 0 saturated carbocycles. The Bertz CT molecular complexity index is 3420. The second-order valence-corrected chi connectivity index (χ2v) is 17.2. The molecule has 0 atom stereocenters. The topological polar surface area (TPSA) is 192 Å². The van der Waals surface area contributed by atoms with Gasteiger partial charge in [-0.2, -0.15) is 0 Å². The first-order valence-electron chi connectivity index (χ1n) is 23.0. The van der Waals surface area contributed by atoms with Crippen LogP contribution in [0.15, 0.2) is 94.3 Å². The Morgan fingerprint density at radius 2 is 1.12 bits per heavy atom. The van der Waals surface area contributed by atoms with E-state index in [0.717, 1.165) is 94.5 Å². The predicted octanol–water partition coefficient (Wildman–Crippen LogP) is 7.93.